The first-order valence-corrected chi connectivity index (χ1v) is 13.0. The van der Waals surface area contributed by atoms with E-state index >= 15 is 0 Å². The van der Waals surface area contributed by atoms with Gasteiger partial charge in [0.25, 0.3) is 0 Å². The van der Waals surface area contributed by atoms with Crippen molar-refractivity contribution in [1.82, 2.24) is 39.9 Å². The third kappa shape index (κ3) is 3.86. The number of aromatic amines is 2. The number of H-pyrrole nitrogens is 2. The number of nitrogens with one attached hydrogen (secondary N) is 2. The van der Waals surface area contributed by atoms with Gasteiger partial charge in [-0.3, -0.25) is 0 Å². The van der Waals surface area contributed by atoms with E-state index in [4.69, 9.17) is 29.9 Å². The molecule has 3 aromatic heterocycles. The molecule has 0 unspecified atom stereocenters. The van der Waals surface area contributed by atoms with Gasteiger partial charge >= 0.3 is 19.8 Å². The summed E-state index contributed by atoms with van der Waals surface area (Å²) in [4.78, 5) is 36.8. The van der Waals surface area contributed by atoms with Crippen molar-refractivity contribution in [1.29, 1.82) is 0 Å². The third-order valence-electron chi connectivity index (χ3n) is 7.46. The molecule has 0 radical (unpaired) electrons. The Balaban J connectivity index is 0.00000144. The van der Waals surface area contributed by atoms with E-state index in [1.54, 1.807) is 0 Å². The minimum Gasteiger partial charge on any atom is -0.324 e. The second-order valence-electron chi connectivity index (χ2n) is 9.79. The molecule has 8 nitrogen and oxygen atoms in total. The van der Waals surface area contributed by atoms with Crippen LogP contribution in [0.3, 0.4) is 0 Å². The largest absolute Gasteiger partial charge is 0.324 e. The molecule has 7 aromatic rings. The first-order chi connectivity index (χ1) is 19.8. The van der Waals surface area contributed by atoms with Crippen molar-refractivity contribution in [2.75, 3.05) is 0 Å². The van der Waals surface area contributed by atoms with Crippen molar-refractivity contribution in [2.24, 2.45) is 0 Å². The summed E-state index contributed by atoms with van der Waals surface area (Å²) in [5.74, 6) is 2.39. The molecule has 0 saturated heterocycles. The SMILES string of the molecule is Cl.[GaH3].c1ccc2c(c1)-c1nc-2nc2[nH]c(nc3nc(nc4[nH]c(n1)c1ccccc41)-c1ccccc1-3)c1ccccc21. The van der Waals surface area contributed by atoms with Gasteiger partial charge in [-0.1, -0.05) is 97.1 Å². The number of nitrogens with zero attached hydrogens (tertiary/aromatic N) is 6. The Bertz CT molecular complexity index is 2040. The zero-order valence-electron chi connectivity index (χ0n) is 21.3. The van der Waals surface area contributed by atoms with Crippen LogP contribution in [0.2, 0.25) is 0 Å². The van der Waals surface area contributed by atoms with Crippen molar-refractivity contribution in [3.05, 3.63) is 97.1 Å². The zero-order chi connectivity index (χ0) is 26.2. The molecule has 0 aliphatic carbocycles. The van der Waals surface area contributed by atoms with Crippen LogP contribution in [-0.2, 0) is 0 Å². The second kappa shape index (κ2) is 9.91. The van der Waals surface area contributed by atoms with Gasteiger partial charge in [0.2, 0.25) is 0 Å². The Hall–Kier alpha value is -4.83. The third-order valence-corrected chi connectivity index (χ3v) is 7.46. The molecule has 4 aromatic carbocycles. The molecule has 10 heteroatoms. The molecule has 2 aliphatic rings. The summed E-state index contributed by atoms with van der Waals surface area (Å²) >= 11 is 0. The van der Waals surface area contributed by atoms with Crippen molar-refractivity contribution in [2.45, 2.75) is 0 Å². The monoisotopic (exact) mass is 622 g/mol. The van der Waals surface area contributed by atoms with E-state index in [1.807, 2.05) is 97.1 Å². The summed E-state index contributed by atoms with van der Waals surface area (Å²) in [6.45, 7) is 0. The maximum absolute atomic E-state index is 5.02. The Morgan fingerprint density at radius 1 is 0.333 bits per heavy atom. The molecule has 9 rings (SSSR count). The van der Waals surface area contributed by atoms with Gasteiger partial charge in [0.15, 0.2) is 23.3 Å². The summed E-state index contributed by atoms with van der Waals surface area (Å²) in [6, 6.07) is 32.2. The number of halogens is 1. The maximum atomic E-state index is 5.02. The number of aromatic nitrogens is 8. The van der Waals surface area contributed by atoms with E-state index in [0.717, 1.165) is 43.8 Å². The van der Waals surface area contributed by atoms with E-state index in [2.05, 4.69) is 9.97 Å². The quantitative estimate of drug-likeness (QED) is 0.198. The smallest absolute Gasteiger partial charge is 0.164 e. The van der Waals surface area contributed by atoms with Gasteiger partial charge in [0.05, 0.1) is 0 Å². The Kier molecular flexibility index (Phi) is 6.16. The minimum absolute atomic E-state index is 0. The molecule has 2 aliphatic heterocycles. The molecular formula is C32H22ClGaN8. The molecule has 5 heterocycles. The number of rotatable bonds is 0. The standard InChI is InChI=1S/C32H18N8.ClH.Ga.3H/c1-2-10-18-17(9-1)25-33-26(18)38-28-21-13-5-6-14-22(21)30(35-28)40-32-24-16-8-7-15-23(24)31(36-32)39-29-20-12-4-3-11-19(20)27(34-29)37-25;;;;;/h1-16H,(H2,33,34,35,36,37,38,39,40);1H;;;;. The summed E-state index contributed by atoms with van der Waals surface area (Å²) in [5, 5.41) is 3.82. The fraction of sp³-hybridized carbons (Fsp3) is 0. The molecule has 0 fully saturated rings. The number of fused-ring (bicyclic) bond motifs is 20. The van der Waals surface area contributed by atoms with Gasteiger partial charge in [-0.25, -0.2) is 29.9 Å². The molecular weight excluding hydrogens is 602 g/mol. The molecule has 200 valence electrons. The molecule has 0 saturated carbocycles. The topological polar surface area (TPSA) is 109 Å². The van der Waals surface area contributed by atoms with Gasteiger partial charge < -0.3 is 9.97 Å². The average molecular weight is 624 g/mol. The number of benzene rings is 4. The fourth-order valence-corrected chi connectivity index (χ4v) is 5.59. The normalized spacial score (nSPS) is 11.4. The van der Waals surface area contributed by atoms with Crippen molar-refractivity contribution in [3.8, 4) is 45.6 Å². The second-order valence-corrected chi connectivity index (χ2v) is 9.79. The fourth-order valence-electron chi connectivity index (χ4n) is 5.59. The van der Waals surface area contributed by atoms with Crippen LogP contribution < -0.4 is 0 Å². The van der Waals surface area contributed by atoms with Crippen LogP contribution in [-0.4, -0.2) is 59.7 Å². The van der Waals surface area contributed by atoms with Crippen LogP contribution in [0.4, 0.5) is 0 Å². The van der Waals surface area contributed by atoms with Gasteiger partial charge in [0, 0.05) is 43.8 Å². The average Bonchev–Trinajstić information content (AvgIpc) is 3.73. The van der Waals surface area contributed by atoms with Crippen LogP contribution in [0.15, 0.2) is 97.1 Å². The van der Waals surface area contributed by atoms with Crippen molar-refractivity contribution < 1.29 is 0 Å². The van der Waals surface area contributed by atoms with Crippen molar-refractivity contribution in [3.63, 3.8) is 0 Å². The van der Waals surface area contributed by atoms with Crippen molar-refractivity contribution >= 4 is 76.3 Å². The van der Waals surface area contributed by atoms with E-state index in [1.165, 1.54) is 0 Å². The Morgan fingerprint density at radius 2 is 0.571 bits per heavy atom. The van der Waals surface area contributed by atoms with E-state index < -0.39 is 0 Å². The van der Waals surface area contributed by atoms with Crippen LogP contribution in [0.25, 0.3) is 89.7 Å². The predicted octanol–water partition coefficient (Wildman–Crippen LogP) is 6.11. The van der Waals surface area contributed by atoms with Crippen LogP contribution in [0, 0.1) is 0 Å². The summed E-state index contributed by atoms with van der Waals surface area (Å²) in [7, 11) is 0. The summed E-state index contributed by atoms with van der Waals surface area (Å²) in [6.07, 6.45) is 0. The van der Waals surface area contributed by atoms with Crippen LogP contribution >= 0.6 is 12.4 Å². The zero-order valence-corrected chi connectivity index (χ0v) is 22.1. The molecule has 0 spiro atoms. The molecule has 0 amide bonds. The predicted molar refractivity (Wildman–Crippen MR) is 173 cm³/mol. The molecule has 42 heavy (non-hydrogen) atoms. The van der Waals surface area contributed by atoms with Gasteiger partial charge in [-0.15, -0.1) is 12.4 Å². The first kappa shape index (κ1) is 26.1. The Morgan fingerprint density at radius 3 is 0.833 bits per heavy atom. The molecule has 0 atom stereocenters. The van der Waals surface area contributed by atoms with Crippen LogP contribution in [0.5, 0.6) is 0 Å². The summed E-state index contributed by atoms with van der Waals surface area (Å²) < 4.78 is 0. The van der Waals surface area contributed by atoms with Gasteiger partial charge in [-0.2, -0.15) is 0 Å². The summed E-state index contributed by atoms with van der Waals surface area (Å²) in [5.41, 5.74) is 6.45. The van der Waals surface area contributed by atoms with E-state index in [-0.39, 0.29) is 32.2 Å². The number of hydrogen-bond acceptors (Lipinski definition) is 6. The van der Waals surface area contributed by atoms with Gasteiger partial charge in [0.1, 0.15) is 22.6 Å². The van der Waals surface area contributed by atoms with E-state index in [9.17, 15) is 0 Å². The van der Waals surface area contributed by atoms with Gasteiger partial charge in [-0.05, 0) is 0 Å². The first-order valence-electron chi connectivity index (χ1n) is 13.0. The van der Waals surface area contributed by atoms with E-state index in [0.29, 0.717) is 45.9 Å². The molecule has 2 N–H and O–H groups in total. The minimum atomic E-state index is 0. The Labute approximate surface area is 257 Å². The maximum Gasteiger partial charge on any atom is 0.164 e. The number of hydrogen-bond donors (Lipinski definition) is 2. The molecule has 8 bridgehead atoms. The van der Waals surface area contributed by atoms with Crippen LogP contribution in [0.1, 0.15) is 0 Å².